The van der Waals surface area contributed by atoms with Gasteiger partial charge in [0, 0.05) is 18.4 Å². The van der Waals surface area contributed by atoms with E-state index in [4.69, 9.17) is 17.6 Å². The van der Waals surface area contributed by atoms with Crippen LogP contribution < -0.4 is 10.2 Å². The molecule has 3 nitrogen and oxygen atoms in total. The summed E-state index contributed by atoms with van der Waals surface area (Å²) in [5.74, 6) is 0.492. The summed E-state index contributed by atoms with van der Waals surface area (Å²) < 4.78 is 27.5. The molecule has 0 unspecified atom stereocenters. The van der Waals surface area contributed by atoms with Gasteiger partial charge in [-0.3, -0.25) is 0 Å². The minimum atomic E-state index is -2.08. The number of ether oxygens (including phenoxy) is 1. The van der Waals surface area contributed by atoms with Crippen LogP contribution in [-0.4, -0.2) is 15.4 Å². The molecule has 0 saturated carbocycles. The number of methoxy groups -OCH3 is 1. The van der Waals surface area contributed by atoms with Crippen LogP contribution in [0.2, 0.25) is 18.1 Å². The van der Waals surface area contributed by atoms with E-state index in [0.717, 1.165) is 5.56 Å². The van der Waals surface area contributed by atoms with Gasteiger partial charge in [-0.2, -0.15) is 0 Å². The number of anilines is 1. The molecule has 1 atom stereocenters. The molecule has 108 valence electrons. The lowest BCUT2D eigenvalue weighted by atomic mass is 10.1. The molecule has 0 aliphatic carbocycles. The predicted octanol–water partition coefficient (Wildman–Crippen LogP) is 4.11. The number of nitrogen functional groups attached to an aromatic ring is 1. The van der Waals surface area contributed by atoms with Crippen LogP contribution in [0.15, 0.2) is 12.1 Å². The lowest BCUT2D eigenvalue weighted by Crippen LogP contribution is -2.44. The number of benzene rings is 1. The third-order valence-electron chi connectivity index (χ3n) is 3.75. The summed E-state index contributed by atoms with van der Waals surface area (Å²) in [6.07, 6.45) is 0. The van der Waals surface area contributed by atoms with Gasteiger partial charge in [0.1, 0.15) is 5.75 Å². The summed E-state index contributed by atoms with van der Waals surface area (Å²) in [6, 6.07) is 1.84. The molecule has 0 bridgehead atoms. The summed E-state index contributed by atoms with van der Waals surface area (Å²) >= 11 is 0. The van der Waals surface area contributed by atoms with Gasteiger partial charge in [0.2, 0.25) is 8.32 Å². The van der Waals surface area contributed by atoms with Gasteiger partial charge in [-0.1, -0.05) is 20.8 Å². The second kappa shape index (κ2) is 5.55. The van der Waals surface area contributed by atoms with E-state index >= 15 is 0 Å². The van der Waals surface area contributed by atoms with E-state index in [0.29, 0.717) is 17.0 Å². The first-order valence-corrected chi connectivity index (χ1v) is 9.37. The molecule has 0 aliphatic heterocycles. The smallest absolute Gasteiger partial charge is 0.250 e. The average molecular weight is 283 g/mol. The summed E-state index contributed by atoms with van der Waals surface area (Å²) in [6.45, 7) is 11.6. The fourth-order valence-corrected chi connectivity index (χ4v) is 2.39. The second-order valence-electron chi connectivity index (χ2n) is 6.35. The number of hydrogen-bond acceptors (Lipinski definition) is 3. The Kier molecular flexibility index (Phi) is 3.80. The topological polar surface area (TPSA) is 44.5 Å². The predicted molar refractivity (Wildman–Crippen MR) is 84.1 cm³/mol. The molecule has 0 heterocycles. The zero-order valence-electron chi connectivity index (χ0n) is 15.0. The highest BCUT2D eigenvalue weighted by molar-refractivity contribution is 6.74. The highest BCUT2D eigenvalue weighted by Crippen LogP contribution is 2.39. The Bertz CT molecular complexity index is 527. The maximum absolute atomic E-state index is 8.34. The molecule has 1 aromatic carbocycles. The molecule has 1 aromatic rings. The Balaban J connectivity index is 3.39. The molecule has 0 aromatic heterocycles. The van der Waals surface area contributed by atoms with Crippen molar-refractivity contribution in [1.82, 2.24) is 0 Å². The van der Waals surface area contributed by atoms with Crippen molar-refractivity contribution >= 4 is 14.0 Å². The summed E-state index contributed by atoms with van der Waals surface area (Å²) in [7, 11) is -0.631. The average Bonchev–Trinajstić information content (AvgIpc) is 2.36. The van der Waals surface area contributed by atoms with Crippen molar-refractivity contribution in [2.45, 2.75) is 52.4 Å². The maximum atomic E-state index is 8.34. The first-order chi connectivity index (χ1) is 9.42. The van der Waals surface area contributed by atoms with Crippen molar-refractivity contribution in [2.24, 2.45) is 0 Å². The standard InChI is InChI=1S/C15H27NO2Si/c1-11-13(16)8-12(10-17-5)9-14(11)18-19(6,7)15(2,3)4/h8-9H,10,16H2,1-7H3/i9D,10D/t10-/m0/s1. The van der Waals surface area contributed by atoms with Crippen LogP contribution in [0.25, 0.3) is 0 Å². The molecule has 0 radical (unpaired) electrons. The Morgan fingerprint density at radius 1 is 1.42 bits per heavy atom. The van der Waals surface area contributed by atoms with Crippen molar-refractivity contribution in [2.75, 3.05) is 12.8 Å². The van der Waals surface area contributed by atoms with Crippen LogP contribution in [0.4, 0.5) is 5.69 Å². The van der Waals surface area contributed by atoms with Crippen LogP contribution in [0, 0.1) is 6.92 Å². The van der Waals surface area contributed by atoms with Gasteiger partial charge in [0.05, 0.1) is 9.32 Å². The third-order valence-corrected chi connectivity index (χ3v) is 8.08. The Hall–Kier alpha value is -1.00. The Morgan fingerprint density at radius 2 is 2.00 bits per heavy atom. The molecule has 0 aliphatic rings. The summed E-state index contributed by atoms with van der Waals surface area (Å²) in [4.78, 5) is 0. The lowest BCUT2D eigenvalue weighted by Gasteiger charge is -2.37. The van der Waals surface area contributed by atoms with Crippen molar-refractivity contribution in [3.63, 3.8) is 0 Å². The maximum Gasteiger partial charge on any atom is 0.250 e. The second-order valence-corrected chi connectivity index (χ2v) is 11.1. The first-order valence-electron chi connectivity index (χ1n) is 7.53. The Labute approximate surface area is 121 Å². The SMILES string of the molecule is [2H]c1c([C@H]([2H])OC)cc(N)c(C)c1O[Si](C)(C)C(C)(C)C. The van der Waals surface area contributed by atoms with E-state index < -0.39 is 14.9 Å². The number of nitrogens with two attached hydrogens (primary N) is 1. The van der Waals surface area contributed by atoms with Crippen LogP contribution in [-0.2, 0) is 11.3 Å². The molecule has 19 heavy (non-hydrogen) atoms. The molecule has 0 fully saturated rings. The highest BCUT2D eigenvalue weighted by Gasteiger charge is 2.39. The van der Waals surface area contributed by atoms with Gasteiger partial charge in [-0.05, 0) is 42.7 Å². The normalized spacial score (nSPS) is 15.7. The van der Waals surface area contributed by atoms with E-state index in [1.54, 1.807) is 6.07 Å². The molecule has 0 spiro atoms. The largest absolute Gasteiger partial charge is 0.543 e. The van der Waals surface area contributed by atoms with Gasteiger partial charge >= 0.3 is 0 Å². The first kappa shape index (κ1) is 13.0. The zero-order chi connectivity index (χ0) is 16.6. The number of hydrogen-bond donors (Lipinski definition) is 1. The van der Waals surface area contributed by atoms with Crippen molar-refractivity contribution in [3.05, 3.63) is 23.2 Å². The Morgan fingerprint density at radius 3 is 2.47 bits per heavy atom. The lowest BCUT2D eigenvalue weighted by molar-refractivity contribution is 0.185. The van der Waals surface area contributed by atoms with E-state index in [1.807, 2.05) is 6.92 Å². The quantitative estimate of drug-likeness (QED) is 0.668. The van der Waals surface area contributed by atoms with Gasteiger partial charge in [-0.15, -0.1) is 0 Å². The fraction of sp³-hybridized carbons (Fsp3) is 0.600. The number of rotatable bonds is 4. The van der Waals surface area contributed by atoms with Crippen molar-refractivity contribution in [1.29, 1.82) is 0 Å². The van der Waals surface area contributed by atoms with E-state index in [-0.39, 0.29) is 11.1 Å². The van der Waals surface area contributed by atoms with E-state index in [9.17, 15) is 0 Å². The van der Waals surface area contributed by atoms with E-state index in [1.165, 1.54) is 7.11 Å². The van der Waals surface area contributed by atoms with Crippen LogP contribution >= 0.6 is 0 Å². The summed E-state index contributed by atoms with van der Waals surface area (Å²) in [5.41, 5.74) is 7.76. The minimum absolute atomic E-state index is 0.0261. The molecule has 2 N–H and O–H groups in total. The molecule has 4 heteroatoms. The third kappa shape index (κ3) is 3.73. The molecule has 1 rings (SSSR count). The zero-order valence-corrected chi connectivity index (χ0v) is 14.0. The van der Waals surface area contributed by atoms with Crippen molar-refractivity contribution in [3.8, 4) is 5.75 Å². The van der Waals surface area contributed by atoms with Gasteiger partial charge in [0.15, 0.2) is 0 Å². The fourth-order valence-electron chi connectivity index (χ4n) is 1.37. The highest BCUT2D eigenvalue weighted by atomic mass is 28.4. The summed E-state index contributed by atoms with van der Waals surface area (Å²) in [5, 5.41) is 0.0261. The van der Waals surface area contributed by atoms with Crippen molar-refractivity contribution < 1.29 is 11.9 Å². The molecular weight excluding hydrogens is 254 g/mol. The van der Waals surface area contributed by atoms with Crippen LogP contribution in [0.1, 0.15) is 34.6 Å². The molecule has 0 amide bonds. The van der Waals surface area contributed by atoms with Crippen LogP contribution in [0.3, 0.4) is 0 Å². The minimum Gasteiger partial charge on any atom is -0.543 e. The van der Waals surface area contributed by atoms with Gasteiger partial charge in [0.25, 0.3) is 0 Å². The van der Waals surface area contributed by atoms with Gasteiger partial charge in [-0.25, -0.2) is 0 Å². The monoisotopic (exact) mass is 283 g/mol. The molecular formula is C15H27NO2Si. The van der Waals surface area contributed by atoms with Gasteiger partial charge < -0.3 is 14.9 Å². The molecule has 0 saturated heterocycles. The van der Waals surface area contributed by atoms with Crippen LogP contribution in [0.5, 0.6) is 5.75 Å². The van der Waals surface area contributed by atoms with E-state index in [2.05, 4.69) is 33.9 Å².